The molecule has 0 bridgehead atoms. The summed E-state index contributed by atoms with van der Waals surface area (Å²) in [5.41, 5.74) is 0. The predicted octanol–water partition coefficient (Wildman–Crippen LogP) is 2.97. The first-order valence-corrected chi connectivity index (χ1v) is 9.16. The van der Waals surface area contributed by atoms with E-state index in [4.69, 9.17) is 14.6 Å². The number of rotatable bonds is 12. The van der Waals surface area contributed by atoms with E-state index in [2.05, 4.69) is 24.5 Å². The number of urea groups is 1. The largest absolute Gasteiger partial charge is 0.508 e. The van der Waals surface area contributed by atoms with Crippen molar-refractivity contribution in [2.45, 2.75) is 52.1 Å². The minimum atomic E-state index is -0.539. The van der Waals surface area contributed by atoms with Crippen molar-refractivity contribution in [3.63, 3.8) is 0 Å². The highest BCUT2D eigenvalue weighted by molar-refractivity contribution is 5.94. The summed E-state index contributed by atoms with van der Waals surface area (Å²) in [5, 5.41) is 14.0. The molecule has 146 valence electrons. The van der Waals surface area contributed by atoms with Crippen molar-refractivity contribution < 1.29 is 24.2 Å². The van der Waals surface area contributed by atoms with E-state index < -0.39 is 6.03 Å². The highest BCUT2D eigenvalue weighted by Gasteiger charge is 2.09. The van der Waals surface area contributed by atoms with E-state index in [0.29, 0.717) is 18.8 Å². The summed E-state index contributed by atoms with van der Waals surface area (Å²) in [6.45, 7) is 5.25. The number of imide groups is 1. The van der Waals surface area contributed by atoms with Gasteiger partial charge in [-0.1, -0.05) is 20.3 Å². The lowest BCUT2D eigenvalue weighted by molar-refractivity contribution is -0.120. The van der Waals surface area contributed by atoms with Crippen molar-refractivity contribution in [3.05, 3.63) is 24.3 Å². The van der Waals surface area contributed by atoms with Crippen molar-refractivity contribution in [2.75, 3.05) is 19.8 Å². The number of phenols is 1. The maximum atomic E-state index is 11.7. The molecular formula is C19H30N2O5. The number of carbonyl (C=O) groups is 2. The Morgan fingerprint density at radius 1 is 1.15 bits per heavy atom. The van der Waals surface area contributed by atoms with Crippen molar-refractivity contribution in [1.29, 1.82) is 0 Å². The van der Waals surface area contributed by atoms with Gasteiger partial charge in [0.05, 0.1) is 12.6 Å². The van der Waals surface area contributed by atoms with Gasteiger partial charge in [-0.3, -0.25) is 10.1 Å². The Labute approximate surface area is 155 Å². The molecule has 0 aliphatic rings. The van der Waals surface area contributed by atoms with Gasteiger partial charge in [0.2, 0.25) is 5.91 Å². The van der Waals surface area contributed by atoms with Crippen molar-refractivity contribution in [2.24, 2.45) is 0 Å². The first-order chi connectivity index (χ1) is 12.5. The second-order valence-corrected chi connectivity index (χ2v) is 5.94. The van der Waals surface area contributed by atoms with Crippen LogP contribution in [0.4, 0.5) is 4.79 Å². The van der Waals surface area contributed by atoms with Gasteiger partial charge in [0.1, 0.15) is 18.1 Å². The summed E-state index contributed by atoms with van der Waals surface area (Å²) in [6.07, 6.45) is 4.16. The standard InChI is InChI=1S/C19H30N2O5/c1-3-6-16(4-2)25-13-5-7-18(23)21-19(24)20-12-14-26-17-10-8-15(22)9-11-17/h8-11,16,22H,3-7,12-14H2,1-2H3,(H2,20,21,23,24). The lowest BCUT2D eigenvalue weighted by Crippen LogP contribution is -2.41. The van der Waals surface area contributed by atoms with Crippen LogP contribution in [0.15, 0.2) is 24.3 Å². The minimum Gasteiger partial charge on any atom is -0.508 e. The van der Waals surface area contributed by atoms with Crippen LogP contribution in [-0.2, 0) is 9.53 Å². The predicted molar refractivity (Wildman–Crippen MR) is 99.3 cm³/mol. The van der Waals surface area contributed by atoms with Gasteiger partial charge in [0.25, 0.3) is 0 Å². The van der Waals surface area contributed by atoms with Crippen LogP contribution in [0.25, 0.3) is 0 Å². The Morgan fingerprint density at radius 2 is 1.88 bits per heavy atom. The van der Waals surface area contributed by atoms with E-state index in [0.717, 1.165) is 19.3 Å². The molecule has 26 heavy (non-hydrogen) atoms. The third-order valence-corrected chi connectivity index (χ3v) is 3.71. The third kappa shape index (κ3) is 9.88. The van der Waals surface area contributed by atoms with Crippen molar-refractivity contribution in [3.8, 4) is 11.5 Å². The van der Waals surface area contributed by atoms with Gasteiger partial charge in [-0.25, -0.2) is 4.79 Å². The minimum absolute atomic E-state index is 0.161. The molecule has 1 aromatic carbocycles. The van der Waals surface area contributed by atoms with Crippen molar-refractivity contribution >= 4 is 11.9 Å². The van der Waals surface area contributed by atoms with Gasteiger partial charge in [0, 0.05) is 13.0 Å². The Balaban J connectivity index is 2.07. The summed E-state index contributed by atoms with van der Waals surface area (Å²) < 4.78 is 11.1. The van der Waals surface area contributed by atoms with Gasteiger partial charge in [-0.05, 0) is 43.5 Å². The average molecular weight is 366 g/mol. The molecule has 0 heterocycles. The van der Waals surface area contributed by atoms with Crippen LogP contribution in [0.2, 0.25) is 0 Å². The fraction of sp³-hybridized carbons (Fsp3) is 0.579. The Kier molecular flexibility index (Phi) is 10.9. The monoisotopic (exact) mass is 366 g/mol. The lowest BCUT2D eigenvalue weighted by Gasteiger charge is -2.14. The van der Waals surface area contributed by atoms with Gasteiger partial charge >= 0.3 is 6.03 Å². The molecule has 1 atom stereocenters. The zero-order valence-electron chi connectivity index (χ0n) is 15.6. The molecule has 0 saturated carbocycles. The molecule has 3 N–H and O–H groups in total. The summed E-state index contributed by atoms with van der Waals surface area (Å²) in [6, 6.07) is 5.75. The number of hydrogen-bond acceptors (Lipinski definition) is 5. The molecule has 0 saturated heterocycles. The Bertz CT molecular complexity index is 533. The smallest absolute Gasteiger partial charge is 0.321 e. The molecule has 1 unspecified atom stereocenters. The van der Waals surface area contributed by atoms with Crippen LogP contribution in [-0.4, -0.2) is 42.9 Å². The molecule has 7 heteroatoms. The number of benzene rings is 1. The first kappa shape index (κ1) is 21.8. The molecular weight excluding hydrogens is 336 g/mol. The molecule has 0 fully saturated rings. The molecule has 7 nitrogen and oxygen atoms in total. The summed E-state index contributed by atoms with van der Waals surface area (Å²) in [4.78, 5) is 23.3. The number of ether oxygens (including phenoxy) is 2. The molecule has 3 amide bonds. The van der Waals surface area contributed by atoms with E-state index in [-0.39, 0.29) is 37.3 Å². The zero-order chi connectivity index (χ0) is 19.2. The number of hydrogen-bond donors (Lipinski definition) is 3. The molecule has 0 aromatic heterocycles. The second-order valence-electron chi connectivity index (χ2n) is 5.94. The van der Waals surface area contributed by atoms with Crippen LogP contribution in [0.3, 0.4) is 0 Å². The van der Waals surface area contributed by atoms with E-state index in [1.165, 1.54) is 12.1 Å². The van der Waals surface area contributed by atoms with Gasteiger partial charge in [-0.15, -0.1) is 0 Å². The zero-order valence-corrected chi connectivity index (χ0v) is 15.6. The van der Waals surface area contributed by atoms with Crippen LogP contribution in [0.5, 0.6) is 11.5 Å². The number of carbonyl (C=O) groups excluding carboxylic acids is 2. The van der Waals surface area contributed by atoms with Gasteiger partial charge < -0.3 is 19.9 Å². The third-order valence-electron chi connectivity index (χ3n) is 3.71. The Hall–Kier alpha value is -2.28. The van der Waals surface area contributed by atoms with Crippen LogP contribution >= 0.6 is 0 Å². The van der Waals surface area contributed by atoms with Gasteiger partial charge in [0.15, 0.2) is 0 Å². The molecule has 0 aliphatic heterocycles. The average Bonchev–Trinajstić information content (AvgIpc) is 2.62. The van der Waals surface area contributed by atoms with E-state index in [1.54, 1.807) is 12.1 Å². The first-order valence-electron chi connectivity index (χ1n) is 9.16. The summed E-state index contributed by atoms with van der Waals surface area (Å²) in [5.74, 6) is 0.429. The van der Waals surface area contributed by atoms with E-state index in [1.807, 2.05) is 0 Å². The second kappa shape index (κ2) is 13.0. The number of phenolic OH excluding ortho intramolecular Hbond substituents is 1. The quantitative estimate of drug-likeness (QED) is 0.494. The van der Waals surface area contributed by atoms with Crippen molar-refractivity contribution in [1.82, 2.24) is 10.6 Å². The summed E-state index contributed by atoms with van der Waals surface area (Å²) >= 11 is 0. The highest BCUT2D eigenvalue weighted by atomic mass is 16.5. The van der Waals surface area contributed by atoms with Gasteiger partial charge in [-0.2, -0.15) is 0 Å². The fourth-order valence-electron chi connectivity index (χ4n) is 2.32. The molecule has 0 radical (unpaired) electrons. The van der Waals surface area contributed by atoms with Crippen LogP contribution in [0, 0.1) is 0 Å². The lowest BCUT2D eigenvalue weighted by atomic mass is 10.1. The summed E-state index contributed by atoms with van der Waals surface area (Å²) in [7, 11) is 0. The maximum absolute atomic E-state index is 11.7. The molecule has 0 aliphatic carbocycles. The van der Waals surface area contributed by atoms with Crippen LogP contribution in [0.1, 0.15) is 46.0 Å². The number of nitrogens with one attached hydrogen (secondary N) is 2. The number of aromatic hydroxyl groups is 1. The van der Waals surface area contributed by atoms with E-state index >= 15 is 0 Å². The molecule has 1 rings (SSSR count). The molecule has 0 spiro atoms. The normalized spacial score (nSPS) is 11.6. The highest BCUT2D eigenvalue weighted by Crippen LogP contribution is 2.15. The molecule has 1 aromatic rings. The maximum Gasteiger partial charge on any atom is 0.321 e. The van der Waals surface area contributed by atoms with Crippen LogP contribution < -0.4 is 15.4 Å². The SMILES string of the molecule is CCCC(CC)OCCCC(=O)NC(=O)NCCOc1ccc(O)cc1. The topological polar surface area (TPSA) is 96.9 Å². The van der Waals surface area contributed by atoms with E-state index in [9.17, 15) is 9.59 Å². The fourth-order valence-corrected chi connectivity index (χ4v) is 2.32. The number of amides is 3. The Morgan fingerprint density at radius 3 is 2.54 bits per heavy atom.